The maximum atomic E-state index is 11.3. The van der Waals surface area contributed by atoms with E-state index >= 15 is 0 Å². The lowest BCUT2D eigenvalue weighted by Gasteiger charge is -2.22. The number of carbonyl (C=O) groups excluding carboxylic acids is 1. The SMILES string of the molecule is C=C1C[C@@H]2OC(C)(C)O[C@@H]2CC1=O. The minimum Gasteiger partial charge on any atom is -0.344 e. The molecule has 0 N–H and O–H groups in total. The molecule has 0 radical (unpaired) electrons. The number of ether oxygens (including phenoxy) is 2. The van der Waals surface area contributed by atoms with E-state index in [1.165, 1.54) is 0 Å². The monoisotopic (exact) mass is 182 g/mol. The normalized spacial score (nSPS) is 37.7. The van der Waals surface area contributed by atoms with E-state index in [1.807, 2.05) is 13.8 Å². The molecule has 2 aliphatic rings. The first kappa shape index (κ1) is 8.91. The van der Waals surface area contributed by atoms with Gasteiger partial charge in [-0.1, -0.05) is 6.58 Å². The van der Waals surface area contributed by atoms with Gasteiger partial charge in [-0.25, -0.2) is 0 Å². The van der Waals surface area contributed by atoms with Crippen molar-refractivity contribution in [1.29, 1.82) is 0 Å². The highest BCUT2D eigenvalue weighted by Crippen LogP contribution is 2.36. The van der Waals surface area contributed by atoms with Crippen molar-refractivity contribution in [2.24, 2.45) is 0 Å². The first-order chi connectivity index (χ1) is 5.98. The Kier molecular flexibility index (Phi) is 1.82. The Balaban J connectivity index is 2.14. The minimum atomic E-state index is -0.541. The molecule has 1 aliphatic heterocycles. The average molecular weight is 182 g/mol. The van der Waals surface area contributed by atoms with Gasteiger partial charge in [-0.3, -0.25) is 4.79 Å². The molecule has 1 aliphatic carbocycles. The Hall–Kier alpha value is -0.670. The quantitative estimate of drug-likeness (QED) is 0.531. The molecule has 13 heavy (non-hydrogen) atoms. The zero-order valence-electron chi connectivity index (χ0n) is 8.00. The van der Waals surface area contributed by atoms with E-state index in [2.05, 4.69) is 6.58 Å². The average Bonchev–Trinajstić information content (AvgIpc) is 2.24. The van der Waals surface area contributed by atoms with E-state index in [4.69, 9.17) is 9.47 Å². The predicted molar refractivity (Wildman–Crippen MR) is 47.2 cm³/mol. The highest BCUT2D eigenvalue weighted by molar-refractivity contribution is 5.96. The van der Waals surface area contributed by atoms with Crippen molar-refractivity contribution in [2.45, 2.75) is 44.7 Å². The molecule has 1 saturated carbocycles. The number of hydrogen-bond acceptors (Lipinski definition) is 3. The number of hydrogen-bond donors (Lipinski definition) is 0. The van der Waals surface area contributed by atoms with Gasteiger partial charge in [0.15, 0.2) is 11.6 Å². The van der Waals surface area contributed by atoms with Crippen LogP contribution in [-0.4, -0.2) is 23.8 Å². The summed E-state index contributed by atoms with van der Waals surface area (Å²) >= 11 is 0. The molecule has 2 rings (SSSR count). The number of rotatable bonds is 0. The van der Waals surface area contributed by atoms with Crippen LogP contribution in [0.25, 0.3) is 0 Å². The van der Waals surface area contributed by atoms with Crippen molar-refractivity contribution < 1.29 is 14.3 Å². The van der Waals surface area contributed by atoms with Crippen LogP contribution in [0.3, 0.4) is 0 Å². The lowest BCUT2D eigenvalue weighted by atomic mass is 9.90. The van der Waals surface area contributed by atoms with Gasteiger partial charge in [0.2, 0.25) is 0 Å². The van der Waals surface area contributed by atoms with Crippen molar-refractivity contribution >= 4 is 5.78 Å². The van der Waals surface area contributed by atoms with Crippen LogP contribution < -0.4 is 0 Å². The molecule has 3 heteroatoms. The van der Waals surface area contributed by atoms with Crippen molar-refractivity contribution in [3.63, 3.8) is 0 Å². The molecule has 0 amide bonds. The van der Waals surface area contributed by atoms with E-state index in [0.717, 1.165) is 0 Å². The van der Waals surface area contributed by atoms with Crippen LogP contribution in [0.1, 0.15) is 26.7 Å². The highest BCUT2D eigenvalue weighted by Gasteiger charge is 2.45. The maximum Gasteiger partial charge on any atom is 0.163 e. The predicted octanol–water partition coefficient (Wildman–Crippen LogP) is 1.43. The molecule has 0 unspecified atom stereocenters. The van der Waals surface area contributed by atoms with Gasteiger partial charge in [0.25, 0.3) is 0 Å². The molecule has 0 spiro atoms. The van der Waals surface area contributed by atoms with Crippen LogP contribution in [-0.2, 0) is 14.3 Å². The van der Waals surface area contributed by atoms with Crippen LogP contribution in [0.4, 0.5) is 0 Å². The van der Waals surface area contributed by atoms with E-state index in [0.29, 0.717) is 18.4 Å². The summed E-state index contributed by atoms with van der Waals surface area (Å²) in [5.41, 5.74) is 0.669. The zero-order chi connectivity index (χ0) is 9.64. The van der Waals surface area contributed by atoms with Gasteiger partial charge in [-0.15, -0.1) is 0 Å². The first-order valence-corrected chi connectivity index (χ1v) is 4.54. The van der Waals surface area contributed by atoms with E-state index in [9.17, 15) is 4.79 Å². The molecule has 2 fully saturated rings. The van der Waals surface area contributed by atoms with Gasteiger partial charge in [-0.05, 0) is 19.4 Å². The molecular formula is C10H14O3. The summed E-state index contributed by atoms with van der Waals surface area (Å²) in [6.45, 7) is 7.47. The molecule has 1 saturated heterocycles. The summed E-state index contributed by atoms with van der Waals surface area (Å²) in [7, 11) is 0. The summed E-state index contributed by atoms with van der Waals surface area (Å²) in [6.07, 6.45) is 1.01. The van der Waals surface area contributed by atoms with Gasteiger partial charge in [-0.2, -0.15) is 0 Å². The molecule has 0 aromatic heterocycles. The Morgan fingerprint density at radius 2 is 1.85 bits per heavy atom. The van der Waals surface area contributed by atoms with Gasteiger partial charge in [0.1, 0.15) is 0 Å². The molecule has 1 heterocycles. The van der Waals surface area contributed by atoms with Crippen LogP contribution in [0.5, 0.6) is 0 Å². The molecule has 0 aromatic rings. The van der Waals surface area contributed by atoms with Crippen molar-refractivity contribution in [2.75, 3.05) is 0 Å². The third-order valence-corrected chi connectivity index (χ3v) is 2.51. The minimum absolute atomic E-state index is 0.0280. The number of fused-ring (bicyclic) bond motifs is 1. The fourth-order valence-electron chi connectivity index (χ4n) is 1.94. The lowest BCUT2D eigenvalue weighted by Crippen LogP contribution is -2.32. The Bertz CT molecular complexity index is 241. The molecular weight excluding hydrogens is 168 g/mol. The van der Waals surface area contributed by atoms with Crippen LogP contribution in [0.2, 0.25) is 0 Å². The van der Waals surface area contributed by atoms with Gasteiger partial charge in [0, 0.05) is 12.8 Å². The second kappa shape index (κ2) is 2.66. The first-order valence-electron chi connectivity index (χ1n) is 4.54. The van der Waals surface area contributed by atoms with Crippen molar-refractivity contribution in [1.82, 2.24) is 0 Å². The van der Waals surface area contributed by atoms with E-state index in [1.54, 1.807) is 0 Å². The summed E-state index contributed by atoms with van der Waals surface area (Å²) in [5.74, 6) is -0.428. The van der Waals surface area contributed by atoms with Crippen LogP contribution >= 0.6 is 0 Å². The smallest absolute Gasteiger partial charge is 0.163 e. The van der Waals surface area contributed by atoms with Gasteiger partial charge >= 0.3 is 0 Å². The summed E-state index contributed by atoms with van der Waals surface area (Å²) in [6, 6.07) is 0. The Morgan fingerprint density at radius 1 is 1.31 bits per heavy atom. The largest absolute Gasteiger partial charge is 0.344 e. The van der Waals surface area contributed by atoms with Crippen molar-refractivity contribution in [3.8, 4) is 0 Å². The topological polar surface area (TPSA) is 35.5 Å². The number of Topliss-reactive ketones (excluding diaryl/α,β-unsaturated/α-hetero) is 1. The van der Waals surface area contributed by atoms with E-state index < -0.39 is 5.79 Å². The van der Waals surface area contributed by atoms with Gasteiger partial charge in [0.05, 0.1) is 12.2 Å². The maximum absolute atomic E-state index is 11.3. The zero-order valence-corrected chi connectivity index (χ0v) is 8.00. The molecule has 72 valence electrons. The number of carbonyl (C=O) groups is 1. The summed E-state index contributed by atoms with van der Waals surface area (Å²) in [5, 5.41) is 0. The molecule has 0 aromatic carbocycles. The lowest BCUT2D eigenvalue weighted by molar-refractivity contribution is -0.145. The van der Waals surface area contributed by atoms with E-state index in [-0.39, 0.29) is 18.0 Å². The third kappa shape index (κ3) is 1.54. The fourth-order valence-corrected chi connectivity index (χ4v) is 1.94. The number of ketones is 1. The Labute approximate surface area is 77.7 Å². The summed E-state index contributed by atoms with van der Waals surface area (Å²) in [4.78, 5) is 11.3. The second-order valence-corrected chi connectivity index (χ2v) is 4.15. The fraction of sp³-hybridized carbons (Fsp3) is 0.700. The molecule has 3 nitrogen and oxygen atoms in total. The standard InChI is InChI=1S/C10H14O3/c1-6-4-8-9(5-7(6)11)13-10(2,3)12-8/h8-9H,1,4-5H2,2-3H3/t8-,9+/m0/s1. The highest BCUT2D eigenvalue weighted by atomic mass is 16.7. The van der Waals surface area contributed by atoms with Crippen molar-refractivity contribution in [3.05, 3.63) is 12.2 Å². The second-order valence-electron chi connectivity index (χ2n) is 4.15. The molecule has 0 bridgehead atoms. The van der Waals surface area contributed by atoms with Gasteiger partial charge < -0.3 is 9.47 Å². The van der Waals surface area contributed by atoms with Crippen LogP contribution in [0, 0.1) is 0 Å². The Morgan fingerprint density at radius 3 is 2.46 bits per heavy atom. The van der Waals surface area contributed by atoms with Crippen LogP contribution in [0.15, 0.2) is 12.2 Å². The summed E-state index contributed by atoms with van der Waals surface area (Å²) < 4.78 is 11.2. The molecule has 2 atom stereocenters. The third-order valence-electron chi connectivity index (χ3n) is 2.51.